The molecular formula is C5H9N3. The van der Waals surface area contributed by atoms with Crippen molar-refractivity contribution < 1.29 is 0 Å². The third-order valence-corrected chi connectivity index (χ3v) is 0.951. The van der Waals surface area contributed by atoms with Crippen molar-refractivity contribution in [2.45, 2.75) is 13.0 Å². The van der Waals surface area contributed by atoms with Crippen LogP contribution in [-0.2, 0) is 0 Å². The number of imidazole rings is 1. The predicted molar refractivity (Wildman–Crippen MR) is 31.2 cm³/mol. The Morgan fingerprint density at radius 1 is 1.88 bits per heavy atom. The van der Waals surface area contributed by atoms with Gasteiger partial charge in [-0.2, -0.15) is 0 Å². The third kappa shape index (κ3) is 0.869. The lowest BCUT2D eigenvalue weighted by Gasteiger charge is -1.95. The summed E-state index contributed by atoms with van der Waals surface area (Å²) in [6, 6.07) is 0.0185. The summed E-state index contributed by atoms with van der Waals surface area (Å²) in [4.78, 5) is 6.84. The van der Waals surface area contributed by atoms with Crippen LogP contribution in [0.1, 0.15) is 18.8 Å². The van der Waals surface area contributed by atoms with E-state index in [2.05, 4.69) is 9.97 Å². The van der Waals surface area contributed by atoms with Crippen molar-refractivity contribution in [3.05, 3.63) is 18.2 Å². The van der Waals surface area contributed by atoms with Gasteiger partial charge in [0.1, 0.15) is 5.82 Å². The number of nitrogens with zero attached hydrogens (tertiary/aromatic N) is 1. The van der Waals surface area contributed by atoms with Crippen molar-refractivity contribution >= 4 is 0 Å². The van der Waals surface area contributed by atoms with E-state index in [4.69, 9.17) is 5.73 Å². The van der Waals surface area contributed by atoms with Crippen LogP contribution >= 0.6 is 0 Å². The van der Waals surface area contributed by atoms with Gasteiger partial charge in [0.25, 0.3) is 0 Å². The summed E-state index contributed by atoms with van der Waals surface area (Å²) in [5, 5.41) is 0. The second-order valence-electron chi connectivity index (χ2n) is 1.76. The van der Waals surface area contributed by atoms with Gasteiger partial charge in [-0.15, -0.1) is 0 Å². The Kier molecular flexibility index (Phi) is 1.30. The molecule has 1 aromatic rings. The quantitative estimate of drug-likeness (QED) is 0.552. The smallest absolute Gasteiger partial charge is 0.122 e. The van der Waals surface area contributed by atoms with Gasteiger partial charge in [-0.1, -0.05) is 0 Å². The molecule has 0 fully saturated rings. The number of aromatic amines is 1. The molecule has 1 aromatic heterocycles. The minimum atomic E-state index is 0.0185. The van der Waals surface area contributed by atoms with Crippen LogP contribution < -0.4 is 5.73 Å². The van der Waals surface area contributed by atoms with Gasteiger partial charge in [-0.25, -0.2) is 4.98 Å². The summed E-state index contributed by atoms with van der Waals surface area (Å²) in [7, 11) is 0. The highest BCUT2D eigenvalue weighted by Crippen LogP contribution is 1.98. The first kappa shape index (κ1) is 5.31. The number of nitrogens with one attached hydrogen (secondary N) is 1. The molecule has 8 heavy (non-hydrogen) atoms. The topological polar surface area (TPSA) is 54.7 Å². The number of aromatic nitrogens is 2. The van der Waals surface area contributed by atoms with E-state index in [-0.39, 0.29) is 6.04 Å². The van der Waals surface area contributed by atoms with E-state index >= 15 is 0 Å². The maximum Gasteiger partial charge on any atom is 0.122 e. The normalized spacial score (nSPS) is 13.8. The van der Waals surface area contributed by atoms with E-state index in [1.165, 1.54) is 0 Å². The van der Waals surface area contributed by atoms with Crippen LogP contribution in [0.3, 0.4) is 0 Å². The summed E-state index contributed by atoms with van der Waals surface area (Å²) in [6.07, 6.45) is 3.46. The van der Waals surface area contributed by atoms with Crippen molar-refractivity contribution in [1.29, 1.82) is 0 Å². The van der Waals surface area contributed by atoms with Gasteiger partial charge < -0.3 is 10.7 Å². The number of H-pyrrole nitrogens is 1. The van der Waals surface area contributed by atoms with Crippen molar-refractivity contribution in [2.75, 3.05) is 0 Å². The van der Waals surface area contributed by atoms with Gasteiger partial charge in [-0.3, -0.25) is 0 Å². The lowest BCUT2D eigenvalue weighted by Crippen LogP contribution is -2.06. The largest absolute Gasteiger partial charge is 0.347 e. The Bertz CT molecular complexity index is 143. The second kappa shape index (κ2) is 1.96. The van der Waals surface area contributed by atoms with Crippen molar-refractivity contribution in [3.63, 3.8) is 0 Å². The Balaban J connectivity index is 2.77. The fraction of sp³-hybridized carbons (Fsp3) is 0.400. The zero-order valence-electron chi connectivity index (χ0n) is 4.76. The molecule has 0 aromatic carbocycles. The zero-order chi connectivity index (χ0) is 5.98. The van der Waals surface area contributed by atoms with Crippen LogP contribution in [0.4, 0.5) is 0 Å². The lowest BCUT2D eigenvalue weighted by atomic mass is 10.3. The maximum atomic E-state index is 5.46. The monoisotopic (exact) mass is 111 g/mol. The van der Waals surface area contributed by atoms with Crippen molar-refractivity contribution in [2.24, 2.45) is 5.73 Å². The molecule has 1 rings (SSSR count). The van der Waals surface area contributed by atoms with E-state index < -0.39 is 0 Å². The molecular weight excluding hydrogens is 102 g/mol. The van der Waals surface area contributed by atoms with Crippen LogP contribution in [0.15, 0.2) is 12.4 Å². The molecule has 0 saturated heterocycles. The van der Waals surface area contributed by atoms with Gasteiger partial charge in [0.05, 0.1) is 6.04 Å². The molecule has 0 aliphatic heterocycles. The molecule has 0 bridgehead atoms. The highest BCUT2D eigenvalue weighted by molar-refractivity contribution is 4.91. The minimum Gasteiger partial charge on any atom is -0.347 e. The first-order valence-corrected chi connectivity index (χ1v) is 2.55. The molecule has 44 valence electrons. The van der Waals surface area contributed by atoms with E-state index in [0.717, 1.165) is 5.82 Å². The highest BCUT2D eigenvalue weighted by atomic mass is 14.9. The minimum absolute atomic E-state index is 0.0185. The van der Waals surface area contributed by atoms with Gasteiger partial charge in [0.2, 0.25) is 0 Å². The number of nitrogens with two attached hydrogens (primary N) is 1. The average molecular weight is 111 g/mol. The number of rotatable bonds is 1. The highest BCUT2D eigenvalue weighted by Gasteiger charge is 1.97. The molecule has 3 N–H and O–H groups in total. The van der Waals surface area contributed by atoms with Gasteiger partial charge in [-0.05, 0) is 6.92 Å². The predicted octanol–water partition coefficient (Wildman–Crippen LogP) is 0.429. The molecule has 1 atom stereocenters. The Morgan fingerprint density at radius 2 is 2.62 bits per heavy atom. The molecule has 0 amide bonds. The standard InChI is InChI=1S/C5H9N3/c1-4(6)5-7-2-3-8-5/h2-4H,6H2,1H3,(H,7,8)/t4-/m0/s1. The molecule has 0 aliphatic carbocycles. The first-order valence-electron chi connectivity index (χ1n) is 2.55. The van der Waals surface area contributed by atoms with Crippen LogP contribution in [0.5, 0.6) is 0 Å². The SMILES string of the molecule is C[C@H](N)c1ncc[nH]1. The fourth-order valence-electron chi connectivity index (χ4n) is 0.526. The van der Waals surface area contributed by atoms with E-state index in [1.54, 1.807) is 12.4 Å². The van der Waals surface area contributed by atoms with Crippen LogP contribution in [0.25, 0.3) is 0 Å². The van der Waals surface area contributed by atoms with Crippen LogP contribution in [0, 0.1) is 0 Å². The fourth-order valence-corrected chi connectivity index (χ4v) is 0.526. The zero-order valence-corrected chi connectivity index (χ0v) is 4.76. The summed E-state index contributed by atoms with van der Waals surface area (Å²) >= 11 is 0. The molecule has 0 unspecified atom stereocenters. The Labute approximate surface area is 47.9 Å². The van der Waals surface area contributed by atoms with Gasteiger partial charge in [0, 0.05) is 12.4 Å². The molecule has 1 heterocycles. The summed E-state index contributed by atoms with van der Waals surface area (Å²) in [5.74, 6) is 0.838. The van der Waals surface area contributed by atoms with Crippen molar-refractivity contribution in [3.8, 4) is 0 Å². The van der Waals surface area contributed by atoms with Crippen molar-refractivity contribution in [1.82, 2.24) is 9.97 Å². The van der Waals surface area contributed by atoms with Crippen LogP contribution in [0.2, 0.25) is 0 Å². The molecule has 0 radical (unpaired) electrons. The molecule has 3 heteroatoms. The lowest BCUT2D eigenvalue weighted by molar-refractivity contribution is 0.756. The second-order valence-corrected chi connectivity index (χ2v) is 1.76. The van der Waals surface area contributed by atoms with E-state index in [9.17, 15) is 0 Å². The van der Waals surface area contributed by atoms with E-state index in [0.29, 0.717) is 0 Å². The maximum absolute atomic E-state index is 5.46. The third-order valence-electron chi connectivity index (χ3n) is 0.951. The Morgan fingerprint density at radius 3 is 2.88 bits per heavy atom. The number of hydrogen-bond acceptors (Lipinski definition) is 2. The average Bonchev–Trinajstić information content (AvgIpc) is 2.12. The number of hydrogen-bond donors (Lipinski definition) is 2. The molecule has 0 spiro atoms. The van der Waals surface area contributed by atoms with E-state index in [1.807, 2.05) is 6.92 Å². The van der Waals surface area contributed by atoms with Crippen LogP contribution in [-0.4, -0.2) is 9.97 Å². The summed E-state index contributed by atoms with van der Waals surface area (Å²) in [6.45, 7) is 1.89. The molecule has 0 saturated carbocycles. The first-order chi connectivity index (χ1) is 3.80. The van der Waals surface area contributed by atoms with Gasteiger partial charge in [0.15, 0.2) is 0 Å². The summed E-state index contributed by atoms with van der Waals surface area (Å²) in [5.41, 5.74) is 5.46. The summed E-state index contributed by atoms with van der Waals surface area (Å²) < 4.78 is 0. The molecule has 0 aliphatic rings. The van der Waals surface area contributed by atoms with Gasteiger partial charge >= 0.3 is 0 Å². The Hall–Kier alpha value is -0.830. The molecule has 3 nitrogen and oxygen atoms in total.